The van der Waals surface area contributed by atoms with E-state index in [0.717, 1.165) is 57.9 Å². The molecular weight excluding hydrogens is 378 g/mol. The van der Waals surface area contributed by atoms with Crippen LogP contribution in [0, 0.1) is 0 Å². The van der Waals surface area contributed by atoms with E-state index < -0.39 is 0 Å². The van der Waals surface area contributed by atoms with Crippen LogP contribution in [0.4, 0.5) is 11.4 Å². The summed E-state index contributed by atoms with van der Waals surface area (Å²) in [5, 5.41) is 7.03. The van der Waals surface area contributed by atoms with Crippen LogP contribution < -0.4 is 15.0 Å². The molecule has 0 radical (unpaired) electrons. The van der Waals surface area contributed by atoms with E-state index in [1.54, 1.807) is 0 Å². The van der Waals surface area contributed by atoms with Gasteiger partial charge < -0.3 is 15.0 Å². The van der Waals surface area contributed by atoms with Crippen molar-refractivity contribution in [2.75, 3.05) is 56.1 Å². The first-order chi connectivity index (χ1) is 14.4. The zero-order chi connectivity index (χ0) is 19.5. The minimum absolute atomic E-state index is 0.804. The minimum Gasteiger partial charge on any atom is -0.494 e. The molecule has 2 aliphatic heterocycles. The molecule has 1 fully saturated rings. The van der Waals surface area contributed by atoms with Gasteiger partial charge in [-0.15, -0.1) is 11.3 Å². The number of piperazine rings is 1. The number of ether oxygens (including phenoxy) is 1. The zero-order valence-corrected chi connectivity index (χ0v) is 17.7. The number of nitrogens with zero attached hydrogens (tertiary/aromatic N) is 2. The molecule has 1 saturated heterocycles. The third-order valence-electron chi connectivity index (χ3n) is 6.11. The van der Waals surface area contributed by atoms with Crippen molar-refractivity contribution in [2.24, 2.45) is 0 Å². The average molecular weight is 408 g/mol. The second-order valence-corrected chi connectivity index (χ2v) is 8.94. The Hall–Kier alpha value is -2.24. The van der Waals surface area contributed by atoms with Crippen LogP contribution in [-0.4, -0.2) is 50.8 Å². The molecule has 0 atom stereocenters. The lowest BCUT2D eigenvalue weighted by molar-refractivity contribution is 0.239. The minimum atomic E-state index is 0.804. The van der Waals surface area contributed by atoms with Crippen molar-refractivity contribution in [3.8, 4) is 5.75 Å². The molecule has 0 amide bonds. The Bertz CT molecular complexity index is 962. The van der Waals surface area contributed by atoms with Gasteiger partial charge in [0, 0.05) is 60.3 Å². The van der Waals surface area contributed by atoms with Gasteiger partial charge in [-0.1, -0.05) is 12.1 Å². The van der Waals surface area contributed by atoms with Gasteiger partial charge in [-0.3, -0.25) is 4.90 Å². The molecule has 4 nitrogen and oxygen atoms in total. The van der Waals surface area contributed by atoms with Crippen LogP contribution in [0.15, 0.2) is 47.8 Å². The Labute approximate surface area is 177 Å². The lowest BCUT2D eigenvalue weighted by Gasteiger charge is -2.36. The molecule has 0 unspecified atom stereocenters. The van der Waals surface area contributed by atoms with Crippen LogP contribution in [0.25, 0.3) is 10.1 Å². The van der Waals surface area contributed by atoms with Crippen molar-refractivity contribution >= 4 is 32.8 Å². The van der Waals surface area contributed by atoms with E-state index >= 15 is 0 Å². The Morgan fingerprint density at radius 2 is 1.93 bits per heavy atom. The topological polar surface area (TPSA) is 27.7 Å². The SMILES string of the molecule is c1cc(N2CCN(CCCCOc3ccc4c(c3)NCC4)CC2)c2ccsc2c1. The van der Waals surface area contributed by atoms with Gasteiger partial charge in [0.15, 0.2) is 0 Å². The summed E-state index contributed by atoms with van der Waals surface area (Å²) in [7, 11) is 0. The smallest absolute Gasteiger partial charge is 0.121 e. The summed E-state index contributed by atoms with van der Waals surface area (Å²) >= 11 is 1.83. The molecule has 3 aromatic rings. The third kappa shape index (κ3) is 4.21. The molecule has 3 heterocycles. The summed E-state index contributed by atoms with van der Waals surface area (Å²) in [5.74, 6) is 0.995. The van der Waals surface area contributed by atoms with Crippen molar-refractivity contribution < 1.29 is 4.74 Å². The number of benzene rings is 2. The third-order valence-corrected chi connectivity index (χ3v) is 7.00. The first-order valence-electron chi connectivity index (χ1n) is 10.8. The first-order valence-corrected chi connectivity index (χ1v) is 11.7. The normalized spacial score (nSPS) is 16.8. The van der Waals surface area contributed by atoms with Crippen LogP contribution in [0.1, 0.15) is 18.4 Å². The van der Waals surface area contributed by atoms with Crippen LogP contribution >= 0.6 is 11.3 Å². The van der Waals surface area contributed by atoms with Crippen molar-refractivity contribution in [2.45, 2.75) is 19.3 Å². The first kappa shape index (κ1) is 18.8. The molecule has 0 saturated carbocycles. The van der Waals surface area contributed by atoms with E-state index in [-0.39, 0.29) is 0 Å². The van der Waals surface area contributed by atoms with Crippen LogP contribution in [-0.2, 0) is 6.42 Å². The summed E-state index contributed by atoms with van der Waals surface area (Å²) in [6.45, 7) is 7.57. The van der Waals surface area contributed by atoms with Gasteiger partial charge in [0.05, 0.1) is 6.61 Å². The predicted octanol–water partition coefficient (Wildman–Crippen LogP) is 4.85. The number of rotatable bonds is 7. The summed E-state index contributed by atoms with van der Waals surface area (Å²) in [5.41, 5.74) is 4.06. The number of nitrogens with one attached hydrogen (secondary N) is 1. The van der Waals surface area contributed by atoms with Gasteiger partial charge in [0.2, 0.25) is 0 Å². The quantitative estimate of drug-likeness (QED) is 0.567. The number of hydrogen-bond donors (Lipinski definition) is 1. The molecule has 2 aliphatic rings. The molecular formula is C24H29N3OS. The number of fused-ring (bicyclic) bond motifs is 2. The standard InChI is InChI=1S/C24H29N3OS/c1(2-16-28-20-7-6-19-8-10-25-22(19)18-20)11-26-12-14-27(15-13-26)23-4-3-5-24-21(23)9-17-29-24/h3-7,9,17-18,25H,1-2,8,10-16H2. The summed E-state index contributed by atoms with van der Waals surface area (Å²) in [4.78, 5) is 5.15. The molecule has 0 spiro atoms. The van der Waals surface area contributed by atoms with Gasteiger partial charge in [0.1, 0.15) is 5.75 Å². The van der Waals surface area contributed by atoms with Crippen molar-refractivity contribution in [3.05, 3.63) is 53.4 Å². The van der Waals surface area contributed by atoms with E-state index in [2.05, 4.69) is 63.0 Å². The molecule has 0 bridgehead atoms. The number of anilines is 2. The van der Waals surface area contributed by atoms with Crippen LogP contribution in [0.5, 0.6) is 5.75 Å². The van der Waals surface area contributed by atoms with Crippen LogP contribution in [0.3, 0.4) is 0 Å². The number of unbranched alkanes of at least 4 members (excludes halogenated alkanes) is 1. The number of thiophene rings is 1. The average Bonchev–Trinajstić information content (AvgIpc) is 3.42. The molecule has 1 N–H and O–H groups in total. The highest BCUT2D eigenvalue weighted by molar-refractivity contribution is 7.17. The van der Waals surface area contributed by atoms with Gasteiger partial charge in [-0.25, -0.2) is 0 Å². The largest absolute Gasteiger partial charge is 0.494 e. The molecule has 2 aromatic carbocycles. The molecule has 29 heavy (non-hydrogen) atoms. The summed E-state index contributed by atoms with van der Waals surface area (Å²) in [6, 6.07) is 15.4. The molecule has 152 valence electrons. The van der Waals surface area contributed by atoms with Crippen molar-refractivity contribution in [3.63, 3.8) is 0 Å². The second-order valence-electron chi connectivity index (χ2n) is 7.99. The molecule has 5 rings (SSSR count). The second kappa shape index (κ2) is 8.64. The Morgan fingerprint density at radius 1 is 1.00 bits per heavy atom. The fraction of sp³-hybridized carbons (Fsp3) is 0.417. The maximum atomic E-state index is 5.96. The fourth-order valence-corrected chi connectivity index (χ4v) is 5.26. The summed E-state index contributed by atoms with van der Waals surface area (Å²) in [6.07, 6.45) is 3.44. The molecule has 0 aliphatic carbocycles. The molecule has 1 aromatic heterocycles. The van der Waals surface area contributed by atoms with E-state index in [4.69, 9.17) is 4.74 Å². The maximum Gasteiger partial charge on any atom is 0.121 e. The fourth-order valence-electron chi connectivity index (χ4n) is 4.45. The van der Waals surface area contributed by atoms with Crippen molar-refractivity contribution in [1.29, 1.82) is 0 Å². The van der Waals surface area contributed by atoms with E-state index in [1.165, 1.54) is 40.0 Å². The highest BCUT2D eigenvalue weighted by Crippen LogP contribution is 2.31. The Morgan fingerprint density at radius 3 is 2.86 bits per heavy atom. The Balaban J connectivity index is 1.03. The van der Waals surface area contributed by atoms with Gasteiger partial charge in [-0.2, -0.15) is 0 Å². The molecule has 5 heteroatoms. The van der Waals surface area contributed by atoms with E-state index in [1.807, 2.05) is 11.3 Å². The highest BCUT2D eigenvalue weighted by Gasteiger charge is 2.18. The monoisotopic (exact) mass is 407 g/mol. The van der Waals surface area contributed by atoms with Gasteiger partial charge in [0.25, 0.3) is 0 Å². The van der Waals surface area contributed by atoms with E-state index in [0.29, 0.717) is 0 Å². The highest BCUT2D eigenvalue weighted by atomic mass is 32.1. The lowest BCUT2D eigenvalue weighted by Crippen LogP contribution is -2.46. The van der Waals surface area contributed by atoms with Crippen LogP contribution in [0.2, 0.25) is 0 Å². The van der Waals surface area contributed by atoms with E-state index in [9.17, 15) is 0 Å². The van der Waals surface area contributed by atoms with Crippen molar-refractivity contribution in [1.82, 2.24) is 4.90 Å². The number of hydrogen-bond acceptors (Lipinski definition) is 5. The zero-order valence-electron chi connectivity index (χ0n) is 16.9. The summed E-state index contributed by atoms with van der Waals surface area (Å²) < 4.78 is 7.36. The Kier molecular flexibility index (Phi) is 5.59. The predicted molar refractivity (Wildman–Crippen MR) is 124 cm³/mol. The van der Waals surface area contributed by atoms with Gasteiger partial charge in [-0.05, 0) is 61.0 Å². The maximum absolute atomic E-state index is 5.96. The van der Waals surface area contributed by atoms with Gasteiger partial charge >= 0.3 is 0 Å². The lowest BCUT2D eigenvalue weighted by atomic mass is 10.1.